The topological polar surface area (TPSA) is 75.9 Å². The number of rotatable bonds is 9. The van der Waals surface area contributed by atoms with E-state index in [1.165, 1.54) is 6.42 Å². The van der Waals surface area contributed by atoms with Crippen LogP contribution in [0.4, 0.5) is 11.6 Å². The average Bonchev–Trinajstić information content (AvgIpc) is 2.41. The molecule has 0 amide bonds. The summed E-state index contributed by atoms with van der Waals surface area (Å²) >= 11 is 0. The van der Waals surface area contributed by atoms with Crippen LogP contribution in [0.2, 0.25) is 0 Å². The molecule has 108 valence electrons. The molecule has 0 aliphatic carbocycles. The van der Waals surface area contributed by atoms with Crippen molar-refractivity contribution in [1.82, 2.24) is 9.97 Å². The highest BCUT2D eigenvalue weighted by atomic mass is 15.1. The van der Waals surface area contributed by atoms with E-state index < -0.39 is 0 Å². The highest BCUT2D eigenvalue weighted by Crippen LogP contribution is 2.10. The van der Waals surface area contributed by atoms with Crippen molar-refractivity contribution in [2.75, 3.05) is 30.3 Å². The van der Waals surface area contributed by atoms with E-state index in [2.05, 4.69) is 41.4 Å². The summed E-state index contributed by atoms with van der Waals surface area (Å²) < 4.78 is 0. The van der Waals surface area contributed by atoms with Crippen molar-refractivity contribution in [3.8, 4) is 0 Å². The maximum atomic E-state index is 5.59. The fraction of sp³-hybridized carbons (Fsp3) is 0.714. The van der Waals surface area contributed by atoms with Crippen LogP contribution in [0.3, 0.4) is 0 Å². The highest BCUT2D eigenvalue weighted by Gasteiger charge is 2.01. The number of anilines is 2. The molecule has 5 nitrogen and oxygen atoms in total. The van der Waals surface area contributed by atoms with Crippen molar-refractivity contribution in [3.05, 3.63) is 12.4 Å². The Labute approximate surface area is 116 Å². The van der Waals surface area contributed by atoms with Crippen molar-refractivity contribution in [2.24, 2.45) is 17.6 Å². The van der Waals surface area contributed by atoms with Gasteiger partial charge in [0.05, 0.1) is 0 Å². The molecule has 19 heavy (non-hydrogen) atoms. The normalized spacial score (nSPS) is 12.5. The Morgan fingerprint density at radius 1 is 1.16 bits per heavy atom. The zero-order valence-electron chi connectivity index (χ0n) is 12.3. The molecule has 0 saturated carbocycles. The number of aromatic nitrogens is 2. The van der Waals surface area contributed by atoms with Crippen molar-refractivity contribution in [2.45, 2.75) is 33.6 Å². The molecule has 4 N–H and O–H groups in total. The Hall–Kier alpha value is -1.36. The van der Waals surface area contributed by atoms with Crippen LogP contribution in [0.1, 0.15) is 33.6 Å². The maximum Gasteiger partial charge on any atom is 0.131 e. The lowest BCUT2D eigenvalue weighted by Gasteiger charge is -2.12. The number of nitrogens with zero attached hydrogens (tertiary/aromatic N) is 2. The van der Waals surface area contributed by atoms with Crippen LogP contribution in [0.25, 0.3) is 0 Å². The van der Waals surface area contributed by atoms with Crippen molar-refractivity contribution < 1.29 is 0 Å². The summed E-state index contributed by atoms with van der Waals surface area (Å²) in [5, 5.41) is 6.60. The summed E-state index contributed by atoms with van der Waals surface area (Å²) in [7, 11) is 0. The minimum atomic E-state index is 0.442. The molecule has 0 aromatic carbocycles. The van der Waals surface area contributed by atoms with E-state index in [4.69, 9.17) is 5.73 Å². The molecule has 0 fully saturated rings. The van der Waals surface area contributed by atoms with E-state index in [1.807, 2.05) is 6.07 Å². The van der Waals surface area contributed by atoms with Gasteiger partial charge in [0.1, 0.15) is 18.0 Å². The van der Waals surface area contributed by atoms with Gasteiger partial charge in [0.15, 0.2) is 0 Å². The van der Waals surface area contributed by atoms with Crippen molar-refractivity contribution in [1.29, 1.82) is 0 Å². The van der Waals surface area contributed by atoms with E-state index in [0.29, 0.717) is 12.5 Å². The third-order valence-electron chi connectivity index (χ3n) is 2.97. The number of hydrogen-bond acceptors (Lipinski definition) is 5. The third kappa shape index (κ3) is 6.96. The standard InChI is InChI=1S/C14H27N5/c1-11(2)5-4-6-16-13-7-14(19-10-18-13)17-9-12(3)8-15/h7,10-12H,4-6,8-9,15H2,1-3H3,(H2,16,17,18,19). The van der Waals surface area contributed by atoms with Crippen molar-refractivity contribution in [3.63, 3.8) is 0 Å². The fourth-order valence-electron chi connectivity index (χ4n) is 1.64. The Morgan fingerprint density at radius 2 is 1.84 bits per heavy atom. The lowest BCUT2D eigenvalue weighted by molar-refractivity contribution is 0.566. The second-order valence-electron chi connectivity index (χ2n) is 5.47. The summed E-state index contributed by atoms with van der Waals surface area (Å²) in [5.74, 6) is 2.92. The van der Waals surface area contributed by atoms with Gasteiger partial charge < -0.3 is 16.4 Å². The lowest BCUT2D eigenvalue weighted by atomic mass is 10.1. The summed E-state index contributed by atoms with van der Waals surface area (Å²) in [4.78, 5) is 8.42. The molecule has 1 atom stereocenters. The number of hydrogen-bond donors (Lipinski definition) is 3. The summed E-state index contributed by atoms with van der Waals surface area (Å²) in [6.07, 6.45) is 3.98. The van der Waals surface area contributed by atoms with Gasteiger partial charge in [-0.1, -0.05) is 20.8 Å². The first kappa shape index (κ1) is 15.7. The van der Waals surface area contributed by atoms with Crippen LogP contribution < -0.4 is 16.4 Å². The van der Waals surface area contributed by atoms with E-state index in [-0.39, 0.29) is 0 Å². The van der Waals surface area contributed by atoms with Gasteiger partial charge in [-0.3, -0.25) is 0 Å². The molecule has 1 unspecified atom stereocenters. The van der Waals surface area contributed by atoms with Gasteiger partial charge in [-0.15, -0.1) is 0 Å². The number of nitrogens with two attached hydrogens (primary N) is 1. The summed E-state index contributed by atoms with van der Waals surface area (Å²) in [6, 6.07) is 1.94. The molecule has 1 aromatic heterocycles. The maximum absolute atomic E-state index is 5.59. The second kappa shape index (κ2) is 8.69. The van der Waals surface area contributed by atoms with Crippen molar-refractivity contribution >= 4 is 11.6 Å². The minimum Gasteiger partial charge on any atom is -0.370 e. The molecule has 0 radical (unpaired) electrons. The van der Waals surface area contributed by atoms with E-state index >= 15 is 0 Å². The highest BCUT2D eigenvalue weighted by molar-refractivity contribution is 5.46. The van der Waals surface area contributed by atoms with Crippen LogP contribution >= 0.6 is 0 Å². The van der Waals surface area contributed by atoms with Crippen LogP contribution in [0.5, 0.6) is 0 Å². The zero-order valence-corrected chi connectivity index (χ0v) is 12.3. The fourth-order valence-corrected chi connectivity index (χ4v) is 1.64. The first-order chi connectivity index (χ1) is 9.11. The quantitative estimate of drug-likeness (QED) is 0.597. The van der Waals surface area contributed by atoms with Gasteiger partial charge in [-0.2, -0.15) is 0 Å². The van der Waals surface area contributed by atoms with E-state index in [1.54, 1.807) is 6.33 Å². The average molecular weight is 265 g/mol. The van der Waals surface area contributed by atoms with E-state index in [0.717, 1.165) is 37.1 Å². The SMILES string of the molecule is CC(C)CCCNc1cc(NCC(C)CN)ncn1. The minimum absolute atomic E-state index is 0.442. The zero-order chi connectivity index (χ0) is 14.1. The molecular formula is C14H27N5. The Morgan fingerprint density at radius 3 is 2.47 bits per heavy atom. The molecule has 0 spiro atoms. The van der Waals surface area contributed by atoms with Crippen LogP contribution in [0, 0.1) is 11.8 Å². The molecule has 0 saturated heterocycles. The lowest BCUT2D eigenvalue weighted by Crippen LogP contribution is -2.20. The largest absolute Gasteiger partial charge is 0.370 e. The first-order valence-corrected chi connectivity index (χ1v) is 7.11. The Kier molecular flexibility index (Phi) is 7.18. The van der Waals surface area contributed by atoms with Gasteiger partial charge in [-0.25, -0.2) is 9.97 Å². The molecule has 5 heteroatoms. The number of nitrogens with one attached hydrogen (secondary N) is 2. The molecular weight excluding hydrogens is 238 g/mol. The monoisotopic (exact) mass is 265 g/mol. The summed E-state index contributed by atoms with van der Waals surface area (Å²) in [5.41, 5.74) is 5.59. The third-order valence-corrected chi connectivity index (χ3v) is 2.97. The molecule has 0 bridgehead atoms. The van der Waals surface area contributed by atoms with Gasteiger partial charge >= 0.3 is 0 Å². The predicted molar refractivity (Wildman–Crippen MR) is 81.3 cm³/mol. The molecule has 1 heterocycles. The Bertz CT molecular complexity index is 353. The summed E-state index contributed by atoms with van der Waals surface area (Å²) in [6.45, 7) is 9.06. The van der Waals surface area contributed by atoms with Crippen LogP contribution in [-0.4, -0.2) is 29.6 Å². The molecule has 0 aliphatic heterocycles. The van der Waals surface area contributed by atoms with E-state index in [9.17, 15) is 0 Å². The van der Waals surface area contributed by atoms with Gasteiger partial charge in [0, 0.05) is 19.2 Å². The van der Waals surface area contributed by atoms with Crippen LogP contribution in [-0.2, 0) is 0 Å². The molecule has 1 rings (SSSR count). The first-order valence-electron chi connectivity index (χ1n) is 7.11. The predicted octanol–water partition coefficient (Wildman–Crippen LogP) is 2.33. The van der Waals surface area contributed by atoms with Gasteiger partial charge in [-0.05, 0) is 31.2 Å². The smallest absolute Gasteiger partial charge is 0.131 e. The van der Waals surface area contributed by atoms with Gasteiger partial charge in [0.25, 0.3) is 0 Å². The second-order valence-corrected chi connectivity index (χ2v) is 5.47. The molecule has 0 aliphatic rings. The Balaban J connectivity index is 2.35. The van der Waals surface area contributed by atoms with Crippen LogP contribution in [0.15, 0.2) is 12.4 Å². The molecule has 1 aromatic rings. The van der Waals surface area contributed by atoms with Gasteiger partial charge in [0.2, 0.25) is 0 Å².